The van der Waals surface area contributed by atoms with Crippen molar-refractivity contribution in [3.63, 3.8) is 0 Å². The molecule has 4 nitrogen and oxygen atoms in total. The van der Waals surface area contributed by atoms with Crippen LogP contribution in [0.5, 0.6) is 0 Å². The van der Waals surface area contributed by atoms with Crippen LogP contribution in [0.25, 0.3) is 10.2 Å². The van der Waals surface area contributed by atoms with E-state index in [1.807, 2.05) is 0 Å². The molecule has 0 saturated carbocycles. The van der Waals surface area contributed by atoms with E-state index in [0.717, 1.165) is 51.8 Å². The third-order valence-corrected chi connectivity index (χ3v) is 6.98. The van der Waals surface area contributed by atoms with Gasteiger partial charge < -0.3 is 4.98 Å². The van der Waals surface area contributed by atoms with Crippen molar-refractivity contribution in [3.05, 3.63) is 42.2 Å². The number of aryl methyl sites for hydroxylation is 3. The Morgan fingerprint density at radius 1 is 1.29 bits per heavy atom. The molecule has 1 atom stereocenters. The van der Waals surface area contributed by atoms with Crippen molar-refractivity contribution in [2.24, 2.45) is 5.92 Å². The summed E-state index contributed by atoms with van der Waals surface area (Å²) in [5, 5.41) is 1.84. The zero-order valence-corrected chi connectivity index (χ0v) is 15.9. The van der Waals surface area contributed by atoms with Gasteiger partial charge >= 0.3 is 0 Å². The summed E-state index contributed by atoms with van der Waals surface area (Å²) in [6, 6.07) is 0. The standard InChI is InChI=1S/C18H21N3OS2/c1-4-11-10(3)23-18-16(11)17(22)20-14(21-18)8-15-19-12-6-5-9(2)7-13(12)24-15/h9H,4-8H2,1-3H3,(H,20,21,22). The van der Waals surface area contributed by atoms with Crippen LogP contribution in [-0.4, -0.2) is 15.0 Å². The predicted octanol–water partition coefficient (Wildman–Crippen LogP) is 4.03. The van der Waals surface area contributed by atoms with Gasteiger partial charge in [-0.2, -0.15) is 0 Å². The molecule has 0 amide bonds. The fourth-order valence-corrected chi connectivity index (χ4v) is 5.96. The van der Waals surface area contributed by atoms with Gasteiger partial charge in [0.15, 0.2) is 0 Å². The summed E-state index contributed by atoms with van der Waals surface area (Å²) >= 11 is 3.41. The molecule has 3 heterocycles. The average Bonchev–Trinajstić information content (AvgIpc) is 3.06. The summed E-state index contributed by atoms with van der Waals surface area (Å²) < 4.78 is 0. The molecule has 0 spiro atoms. The molecule has 0 aliphatic heterocycles. The largest absolute Gasteiger partial charge is 0.310 e. The minimum absolute atomic E-state index is 0.00820. The number of nitrogens with zero attached hydrogens (tertiary/aromatic N) is 2. The lowest BCUT2D eigenvalue weighted by Crippen LogP contribution is -2.12. The number of nitrogens with one attached hydrogen (secondary N) is 1. The number of H-pyrrole nitrogens is 1. The number of rotatable bonds is 3. The van der Waals surface area contributed by atoms with Crippen molar-refractivity contribution in [3.8, 4) is 0 Å². The van der Waals surface area contributed by atoms with Gasteiger partial charge in [0, 0.05) is 9.75 Å². The first-order chi connectivity index (χ1) is 11.5. The van der Waals surface area contributed by atoms with E-state index in [4.69, 9.17) is 9.97 Å². The average molecular weight is 360 g/mol. The Bertz CT molecular complexity index is 967. The number of hydrogen-bond acceptors (Lipinski definition) is 5. The maximum absolute atomic E-state index is 12.5. The first-order valence-electron chi connectivity index (χ1n) is 8.53. The zero-order chi connectivity index (χ0) is 16.8. The molecule has 1 N–H and O–H groups in total. The fourth-order valence-electron chi connectivity index (χ4n) is 3.54. The number of thiophene rings is 1. The summed E-state index contributed by atoms with van der Waals surface area (Å²) in [6.07, 6.45) is 4.94. The summed E-state index contributed by atoms with van der Waals surface area (Å²) in [4.78, 5) is 28.5. The molecule has 24 heavy (non-hydrogen) atoms. The van der Waals surface area contributed by atoms with Gasteiger partial charge in [-0.25, -0.2) is 9.97 Å². The third-order valence-electron chi connectivity index (χ3n) is 4.81. The Balaban J connectivity index is 1.69. The van der Waals surface area contributed by atoms with Crippen LogP contribution in [-0.2, 0) is 25.7 Å². The molecule has 3 aromatic rings. The highest BCUT2D eigenvalue weighted by atomic mass is 32.1. The molecule has 0 radical (unpaired) electrons. The van der Waals surface area contributed by atoms with Gasteiger partial charge in [-0.15, -0.1) is 22.7 Å². The van der Waals surface area contributed by atoms with E-state index >= 15 is 0 Å². The van der Waals surface area contributed by atoms with Crippen LogP contribution in [0.3, 0.4) is 0 Å². The third kappa shape index (κ3) is 2.71. The van der Waals surface area contributed by atoms with Crippen molar-refractivity contribution in [2.75, 3.05) is 0 Å². The molecule has 1 aliphatic carbocycles. The van der Waals surface area contributed by atoms with Crippen LogP contribution in [0.2, 0.25) is 0 Å². The maximum atomic E-state index is 12.5. The van der Waals surface area contributed by atoms with Gasteiger partial charge in [0.1, 0.15) is 15.7 Å². The molecule has 0 aromatic carbocycles. The van der Waals surface area contributed by atoms with E-state index < -0.39 is 0 Å². The SMILES string of the molecule is CCc1c(C)sc2nc(Cc3nc4c(s3)CC(C)CC4)[nH]c(=O)c12. The van der Waals surface area contributed by atoms with Crippen LogP contribution < -0.4 is 5.56 Å². The predicted molar refractivity (Wildman–Crippen MR) is 100 cm³/mol. The maximum Gasteiger partial charge on any atom is 0.259 e. The van der Waals surface area contributed by atoms with E-state index in [9.17, 15) is 4.79 Å². The highest BCUT2D eigenvalue weighted by Gasteiger charge is 2.20. The van der Waals surface area contributed by atoms with Crippen LogP contribution in [0.15, 0.2) is 4.79 Å². The smallest absolute Gasteiger partial charge is 0.259 e. The van der Waals surface area contributed by atoms with E-state index in [0.29, 0.717) is 6.42 Å². The minimum atomic E-state index is -0.00820. The molecule has 1 aliphatic rings. The summed E-state index contributed by atoms with van der Waals surface area (Å²) in [6.45, 7) is 6.46. The monoisotopic (exact) mass is 359 g/mol. The minimum Gasteiger partial charge on any atom is -0.310 e. The number of thiazole rings is 1. The zero-order valence-electron chi connectivity index (χ0n) is 14.2. The summed E-state index contributed by atoms with van der Waals surface area (Å²) in [5.74, 6) is 1.48. The second-order valence-electron chi connectivity index (χ2n) is 6.69. The lowest BCUT2D eigenvalue weighted by atomic mass is 9.93. The van der Waals surface area contributed by atoms with Crippen molar-refractivity contribution < 1.29 is 0 Å². The number of aromatic nitrogens is 3. The lowest BCUT2D eigenvalue weighted by Gasteiger charge is -2.15. The topological polar surface area (TPSA) is 58.6 Å². The number of hydrogen-bond donors (Lipinski definition) is 1. The van der Waals surface area contributed by atoms with Crippen LogP contribution in [0, 0.1) is 12.8 Å². The normalized spacial score (nSPS) is 17.4. The summed E-state index contributed by atoms with van der Waals surface area (Å²) in [5.41, 5.74) is 2.39. The quantitative estimate of drug-likeness (QED) is 0.768. The Labute approximate surface area is 149 Å². The second-order valence-corrected chi connectivity index (χ2v) is 9.06. The highest BCUT2D eigenvalue weighted by Crippen LogP contribution is 2.31. The summed E-state index contributed by atoms with van der Waals surface area (Å²) in [7, 11) is 0. The van der Waals surface area contributed by atoms with Crippen molar-refractivity contribution >= 4 is 32.9 Å². The lowest BCUT2D eigenvalue weighted by molar-refractivity contribution is 0.501. The van der Waals surface area contributed by atoms with Gasteiger partial charge in [-0.05, 0) is 44.1 Å². The number of aromatic amines is 1. The molecule has 0 bridgehead atoms. The molecule has 0 fully saturated rings. The van der Waals surface area contributed by atoms with Gasteiger partial charge in [-0.1, -0.05) is 13.8 Å². The molecule has 4 rings (SSSR count). The molecule has 0 saturated heterocycles. The fraction of sp³-hybridized carbons (Fsp3) is 0.500. The Morgan fingerprint density at radius 3 is 2.92 bits per heavy atom. The first-order valence-corrected chi connectivity index (χ1v) is 10.2. The molecule has 3 aromatic heterocycles. The first kappa shape index (κ1) is 16.0. The van der Waals surface area contributed by atoms with Crippen LogP contribution in [0.1, 0.15) is 52.1 Å². The van der Waals surface area contributed by atoms with Crippen molar-refractivity contribution in [2.45, 2.75) is 52.9 Å². The highest BCUT2D eigenvalue weighted by molar-refractivity contribution is 7.18. The molecular formula is C18H21N3OS2. The van der Waals surface area contributed by atoms with E-state index in [1.54, 1.807) is 22.7 Å². The van der Waals surface area contributed by atoms with Gasteiger partial charge in [0.2, 0.25) is 0 Å². The van der Waals surface area contributed by atoms with Gasteiger partial charge in [0.25, 0.3) is 5.56 Å². The Kier molecular flexibility index (Phi) is 4.04. The van der Waals surface area contributed by atoms with Crippen molar-refractivity contribution in [1.29, 1.82) is 0 Å². The molecular weight excluding hydrogens is 338 g/mol. The van der Waals surface area contributed by atoms with Gasteiger partial charge in [-0.3, -0.25) is 4.79 Å². The van der Waals surface area contributed by atoms with E-state index in [1.165, 1.54) is 21.9 Å². The molecule has 1 unspecified atom stereocenters. The Morgan fingerprint density at radius 2 is 2.12 bits per heavy atom. The Hall–Kier alpha value is -1.53. The van der Waals surface area contributed by atoms with Crippen LogP contribution in [0.4, 0.5) is 0 Å². The van der Waals surface area contributed by atoms with E-state index in [-0.39, 0.29) is 5.56 Å². The van der Waals surface area contributed by atoms with Crippen molar-refractivity contribution in [1.82, 2.24) is 15.0 Å². The van der Waals surface area contributed by atoms with Crippen LogP contribution >= 0.6 is 22.7 Å². The molecule has 126 valence electrons. The van der Waals surface area contributed by atoms with E-state index in [2.05, 4.69) is 25.8 Å². The number of fused-ring (bicyclic) bond motifs is 2. The molecule has 6 heteroatoms. The van der Waals surface area contributed by atoms with Gasteiger partial charge in [0.05, 0.1) is 17.5 Å². The second kappa shape index (κ2) is 6.08.